The van der Waals surface area contributed by atoms with Crippen LogP contribution < -0.4 is 9.54 Å². The van der Waals surface area contributed by atoms with Crippen molar-refractivity contribution in [1.29, 1.82) is 0 Å². The fourth-order valence-electron chi connectivity index (χ4n) is 4.23. The molecule has 1 saturated heterocycles. The van der Waals surface area contributed by atoms with Crippen molar-refractivity contribution in [3.63, 3.8) is 0 Å². The lowest BCUT2D eigenvalue weighted by molar-refractivity contribution is -0.141. The molecule has 36 heavy (non-hydrogen) atoms. The molecule has 1 fully saturated rings. The molecule has 0 spiro atoms. The highest BCUT2D eigenvalue weighted by Gasteiger charge is 2.31. The third-order valence-corrected chi connectivity index (χ3v) is 9.20. The van der Waals surface area contributed by atoms with Crippen LogP contribution >= 0.6 is 11.3 Å². The number of methoxy groups -OCH3 is 1. The van der Waals surface area contributed by atoms with Gasteiger partial charge in [0.1, 0.15) is 12.3 Å². The molecular weight excluding hydrogens is 502 g/mol. The number of aromatic nitrogens is 1. The fraction of sp³-hybridized carbons (Fsp3) is 0.400. The number of carbonyl (C=O) groups is 2. The zero-order valence-electron chi connectivity index (χ0n) is 20.5. The predicted octanol–water partition coefficient (Wildman–Crippen LogP) is 3.58. The summed E-state index contributed by atoms with van der Waals surface area (Å²) in [6.07, 6.45) is 2.69. The first-order valence-electron chi connectivity index (χ1n) is 11.8. The SMILES string of the molecule is CCOc1ccc2c(c1)sc(=NC(=O)c1ccc(S(=O)(=O)N3CCCCC3C)cc1)n2CC(=O)OC. The van der Waals surface area contributed by atoms with E-state index in [2.05, 4.69) is 4.99 Å². The topological polar surface area (TPSA) is 107 Å². The van der Waals surface area contributed by atoms with Crippen LogP contribution in [0.1, 0.15) is 43.5 Å². The average molecular weight is 532 g/mol. The Balaban J connectivity index is 1.67. The zero-order valence-corrected chi connectivity index (χ0v) is 22.1. The van der Waals surface area contributed by atoms with Crippen LogP contribution in [-0.2, 0) is 26.1 Å². The van der Waals surface area contributed by atoms with Crippen LogP contribution in [0.5, 0.6) is 5.75 Å². The molecule has 4 rings (SSSR count). The highest BCUT2D eigenvalue weighted by Crippen LogP contribution is 2.26. The lowest BCUT2D eigenvalue weighted by Gasteiger charge is -2.32. The minimum atomic E-state index is -3.64. The Bertz CT molecular complexity index is 1440. The summed E-state index contributed by atoms with van der Waals surface area (Å²) < 4.78 is 40.5. The van der Waals surface area contributed by atoms with Gasteiger partial charge >= 0.3 is 5.97 Å². The van der Waals surface area contributed by atoms with Gasteiger partial charge in [-0.1, -0.05) is 17.8 Å². The number of hydrogen-bond donors (Lipinski definition) is 0. The molecule has 1 aliphatic rings. The standard InChI is InChI=1S/C25H29N3O6S2/c1-4-34-19-10-13-21-22(15-19)35-25(27(21)16-23(29)33-3)26-24(30)18-8-11-20(12-9-18)36(31,32)28-14-6-5-7-17(28)2/h8-13,15,17H,4-7,14,16H2,1-3H3. The molecule has 0 N–H and O–H groups in total. The molecule has 1 aliphatic heterocycles. The van der Waals surface area contributed by atoms with Crippen molar-refractivity contribution in [3.8, 4) is 5.75 Å². The highest BCUT2D eigenvalue weighted by molar-refractivity contribution is 7.89. The molecule has 1 unspecified atom stereocenters. The number of fused-ring (bicyclic) bond motifs is 1. The van der Waals surface area contributed by atoms with Crippen LogP contribution in [0.3, 0.4) is 0 Å². The van der Waals surface area contributed by atoms with Crippen LogP contribution in [-0.4, -0.2) is 55.5 Å². The molecule has 9 nitrogen and oxygen atoms in total. The average Bonchev–Trinajstić information content (AvgIpc) is 3.20. The van der Waals surface area contributed by atoms with Crippen LogP contribution in [0.15, 0.2) is 52.4 Å². The first-order chi connectivity index (χ1) is 17.2. The number of piperidine rings is 1. The number of esters is 1. The van der Waals surface area contributed by atoms with Crippen molar-refractivity contribution in [1.82, 2.24) is 8.87 Å². The largest absolute Gasteiger partial charge is 0.494 e. The van der Waals surface area contributed by atoms with Crippen molar-refractivity contribution in [3.05, 3.63) is 52.8 Å². The van der Waals surface area contributed by atoms with Gasteiger partial charge in [0.15, 0.2) is 4.80 Å². The second-order valence-electron chi connectivity index (χ2n) is 8.51. The number of benzene rings is 2. The molecule has 1 amide bonds. The van der Waals surface area contributed by atoms with E-state index in [1.54, 1.807) is 10.6 Å². The van der Waals surface area contributed by atoms with Gasteiger partial charge in [-0.25, -0.2) is 8.42 Å². The molecule has 11 heteroatoms. The zero-order chi connectivity index (χ0) is 25.9. The Morgan fingerprint density at radius 2 is 1.89 bits per heavy atom. The van der Waals surface area contributed by atoms with E-state index < -0.39 is 21.9 Å². The molecule has 0 radical (unpaired) electrons. The van der Waals surface area contributed by atoms with Gasteiger partial charge in [-0.2, -0.15) is 9.30 Å². The highest BCUT2D eigenvalue weighted by atomic mass is 32.2. The molecule has 192 valence electrons. The number of amides is 1. The molecule has 0 aliphatic carbocycles. The van der Waals surface area contributed by atoms with Crippen molar-refractivity contribution in [2.45, 2.75) is 50.6 Å². The Hall–Kier alpha value is -3.02. The maximum atomic E-state index is 13.1. The van der Waals surface area contributed by atoms with Gasteiger partial charge < -0.3 is 14.0 Å². The molecule has 0 saturated carbocycles. The van der Waals surface area contributed by atoms with Crippen LogP contribution in [0, 0.1) is 0 Å². The van der Waals surface area contributed by atoms with Gasteiger partial charge in [0.05, 0.1) is 28.8 Å². The monoisotopic (exact) mass is 531 g/mol. The first-order valence-corrected chi connectivity index (χ1v) is 14.0. The Kier molecular flexibility index (Phi) is 7.91. The molecule has 2 heterocycles. The van der Waals surface area contributed by atoms with Crippen molar-refractivity contribution < 1.29 is 27.5 Å². The van der Waals surface area contributed by atoms with Gasteiger partial charge in [0.25, 0.3) is 5.91 Å². The Morgan fingerprint density at radius 3 is 2.56 bits per heavy atom. The van der Waals surface area contributed by atoms with Gasteiger partial charge in [-0.3, -0.25) is 9.59 Å². The van der Waals surface area contributed by atoms with Gasteiger partial charge in [0, 0.05) is 18.2 Å². The number of ether oxygens (including phenoxy) is 2. The number of sulfonamides is 1. The van der Waals surface area contributed by atoms with Crippen molar-refractivity contribution in [2.24, 2.45) is 4.99 Å². The second kappa shape index (κ2) is 10.9. The summed E-state index contributed by atoms with van der Waals surface area (Å²) in [5, 5.41) is 0. The van der Waals surface area contributed by atoms with Crippen LogP contribution in [0.25, 0.3) is 10.2 Å². The Morgan fingerprint density at radius 1 is 1.14 bits per heavy atom. The first kappa shape index (κ1) is 26.1. The summed E-state index contributed by atoms with van der Waals surface area (Å²) in [5.41, 5.74) is 0.968. The number of rotatable bonds is 7. The van der Waals surface area contributed by atoms with E-state index in [0.29, 0.717) is 23.7 Å². The molecule has 1 atom stereocenters. The number of nitrogens with zero attached hydrogens (tertiary/aromatic N) is 3. The smallest absolute Gasteiger partial charge is 0.325 e. The van der Waals surface area contributed by atoms with E-state index in [1.165, 1.54) is 47.0 Å². The summed E-state index contributed by atoms with van der Waals surface area (Å²) in [6, 6.07) is 11.2. The quantitative estimate of drug-likeness (QED) is 0.432. The van der Waals surface area contributed by atoms with E-state index in [1.807, 2.05) is 26.0 Å². The number of thiazole rings is 1. The summed E-state index contributed by atoms with van der Waals surface area (Å²) in [6.45, 7) is 4.70. The lowest BCUT2D eigenvalue weighted by atomic mass is 10.1. The number of hydrogen-bond acceptors (Lipinski definition) is 7. The van der Waals surface area contributed by atoms with Crippen molar-refractivity contribution in [2.75, 3.05) is 20.3 Å². The summed E-state index contributed by atoms with van der Waals surface area (Å²) in [5.74, 6) is -0.339. The summed E-state index contributed by atoms with van der Waals surface area (Å²) >= 11 is 1.25. The van der Waals surface area contributed by atoms with E-state index in [-0.39, 0.29) is 23.0 Å². The normalized spacial score (nSPS) is 17.3. The minimum absolute atomic E-state index is 0.0541. The fourth-order valence-corrected chi connectivity index (χ4v) is 6.98. The maximum Gasteiger partial charge on any atom is 0.325 e. The van der Waals surface area contributed by atoms with E-state index in [9.17, 15) is 18.0 Å². The molecular formula is C25H29N3O6S2. The van der Waals surface area contributed by atoms with E-state index in [4.69, 9.17) is 9.47 Å². The lowest BCUT2D eigenvalue weighted by Crippen LogP contribution is -2.41. The Labute approximate surface area is 214 Å². The van der Waals surface area contributed by atoms with Crippen LogP contribution in [0.2, 0.25) is 0 Å². The second-order valence-corrected chi connectivity index (χ2v) is 11.4. The number of carbonyl (C=O) groups excluding carboxylic acids is 2. The van der Waals surface area contributed by atoms with E-state index in [0.717, 1.165) is 29.5 Å². The van der Waals surface area contributed by atoms with E-state index >= 15 is 0 Å². The van der Waals surface area contributed by atoms with Gasteiger partial charge in [-0.05, 0) is 69.2 Å². The minimum Gasteiger partial charge on any atom is -0.494 e. The third-order valence-electron chi connectivity index (χ3n) is 6.13. The summed E-state index contributed by atoms with van der Waals surface area (Å²) in [4.78, 5) is 29.8. The van der Waals surface area contributed by atoms with Crippen LogP contribution in [0.4, 0.5) is 0 Å². The van der Waals surface area contributed by atoms with Gasteiger partial charge in [0.2, 0.25) is 10.0 Å². The van der Waals surface area contributed by atoms with Gasteiger partial charge in [-0.15, -0.1) is 0 Å². The molecule has 3 aromatic rings. The molecule has 2 aromatic carbocycles. The summed E-state index contributed by atoms with van der Waals surface area (Å²) in [7, 11) is -2.34. The third kappa shape index (κ3) is 5.37. The predicted molar refractivity (Wildman–Crippen MR) is 137 cm³/mol. The molecule has 1 aromatic heterocycles. The molecule has 0 bridgehead atoms. The maximum absolute atomic E-state index is 13.1. The van der Waals surface area contributed by atoms with Crippen molar-refractivity contribution >= 4 is 43.5 Å².